The first-order chi connectivity index (χ1) is 13.1. The van der Waals surface area contributed by atoms with E-state index in [0.29, 0.717) is 11.5 Å². The van der Waals surface area contributed by atoms with Crippen molar-refractivity contribution in [2.75, 3.05) is 5.73 Å². The third kappa shape index (κ3) is 3.24. The number of carbonyl (C=O) groups excluding carboxylic acids is 1. The molecule has 4 aromatic rings. The molecule has 8 heteroatoms. The van der Waals surface area contributed by atoms with Gasteiger partial charge in [0.2, 0.25) is 5.91 Å². The molecule has 0 aliphatic carbocycles. The standard InChI is InChI=1S/C19H18N6O2/c1-12(13-7-3-2-4-8-13)21-16(26)11-25-15-10-6-5-9-14(15)22-19(25)17-18(20)24-27-23-17/h2-10,12H,11H2,1H3,(H2,20,24)(H,21,26)/t12-/m0/s1. The van der Waals surface area contributed by atoms with E-state index >= 15 is 0 Å². The highest BCUT2D eigenvalue weighted by molar-refractivity contribution is 5.85. The van der Waals surface area contributed by atoms with Crippen LogP contribution in [0.2, 0.25) is 0 Å². The summed E-state index contributed by atoms with van der Waals surface area (Å²) in [5.41, 5.74) is 8.72. The number of imidazole rings is 1. The van der Waals surface area contributed by atoms with Crippen LogP contribution in [-0.2, 0) is 11.3 Å². The number of hydrogen-bond acceptors (Lipinski definition) is 6. The summed E-state index contributed by atoms with van der Waals surface area (Å²) in [5.74, 6) is 0.424. The average molecular weight is 362 g/mol. The van der Waals surface area contributed by atoms with Crippen LogP contribution < -0.4 is 11.1 Å². The van der Waals surface area contributed by atoms with Crippen LogP contribution in [0.4, 0.5) is 5.82 Å². The number of nitrogens with two attached hydrogens (primary N) is 1. The van der Waals surface area contributed by atoms with Gasteiger partial charge in [-0.15, -0.1) is 0 Å². The summed E-state index contributed by atoms with van der Waals surface area (Å²) in [7, 11) is 0. The largest absolute Gasteiger partial charge is 0.379 e. The highest BCUT2D eigenvalue weighted by atomic mass is 16.6. The van der Waals surface area contributed by atoms with E-state index in [9.17, 15) is 4.79 Å². The molecule has 0 unspecified atom stereocenters. The normalized spacial score (nSPS) is 12.2. The molecule has 0 saturated heterocycles. The number of rotatable bonds is 5. The van der Waals surface area contributed by atoms with Gasteiger partial charge in [0.15, 0.2) is 17.3 Å². The molecule has 27 heavy (non-hydrogen) atoms. The Kier molecular flexibility index (Phi) is 4.29. The number of fused-ring (bicyclic) bond motifs is 1. The van der Waals surface area contributed by atoms with Crippen LogP contribution in [0.3, 0.4) is 0 Å². The Bertz CT molecular complexity index is 1090. The number of aromatic nitrogens is 4. The molecule has 0 aliphatic rings. The molecule has 0 fully saturated rings. The summed E-state index contributed by atoms with van der Waals surface area (Å²) in [4.78, 5) is 17.2. The van der Waals surface area contributed by atoms with Crippen molar-refractivity contribution >= 4 is 22.8 Å². The zero-order chi connectivity index (χ0) is 18.8. The van der Waals surface area contributed by atoms with E-state index in [1.54, 1.807) is 4.57 Å². The number of nitrogens with one attached hydrogen (secondary N) is 1. The second kappa shape index (κ2) is 6.91. The van der Waals surface area contributed by atoms with Gasteiger partial charge in [0.25, 0.3) is 0 Å². The first kappa shape index (κ1) is 16.8. The molecule has 0 bridgehead atoms. The maximum absolute atomic E-state index is 12.7. The van der Waals surface area contributed by atoms with Gasteiger partial charge in [-0.3, -0.25) is 4.79 Å². The Balaban J connectivity index is 1.65. The summed E-state index contributed by atoms with van der Waals surface area (Å²) >= 11 is 0. The first-order valence-corrected chi connectivity index (χ1v) is 8.51. The van der Waals surface area contributed by atoms with Crippen LogP contribution in [-0.4, -0.2) is 25.8 Å². The Morgan fingerprint density at radius 3 is 2.63 bits per heavy atom. The molecule has 0 radical (unpaired) electrons. The molecule has 136 valence electrons. The third-order valence-corrected chi connectivity index (χ3v) is 4.36. The Morgan fingerprint density at radius 2 is 1.89 bits per heavy atom. The van der Waals surface area contributed by atoms with Gasteiger partial charge in [0.1, 0.15) is 6.54 Å². The van der Waals surface area contributed by atoms with E-state index < -0.39 is 0 Å². The lowest BCUT2D eigenvalue weighted by Gasteiger charge is -2.15. The van der Waals surface area contributed by atoms with Crippen molar-refractivity contribution in [2.45, 2.75) is 19.5 Å². The van der Waals surface area contributed by atoms with Gasteiger partial charge in [-0.1, -0.05) is 42.5 Å². The molecular weight excluding hydrogens is 344 g/mol. The van der Waals surface area contributed by atoms with Crippen LogP contribution in [0.15, 0.2) is 59.2 Å². The monoisotopic (exact) mass is 362 g/mol. The topological polar surface area (TPSA) is 112 Å². The molecule has 2 aromatic carbocycles. The summed E-state index contributed by atoms with van der Waals surface area (Å²) in [5, 5.41) is 10.4. The second-order valence-electron chi connectivity index (χ2n) is 6.21. The van der Waals surface area contributed by atoms with E-state index in [4.69, 9.17) is 10.4 Å². The molecule has 3 N–H and O–H groups in total. The summed E-state index contributed by atoms with van der Waals surface area (Å²) in [6, 6.07) is 17.2. The Hall–Kier alpha value is -3.68. The summed E-state index contributed by atoms with van der Waals surface area (Å²) in [6.45, 7) is 2.01. The fraction of sp³-hybridized carbons (Fsp3) is 0.158. The minimum atomic E-state index is -0.147. The predicted octanol–water partition coefficient (Wildman–Crippen LogP) is 2.55. The van der Waals surface area contributed by atoms with Crippen molar-refractivity contribution in [1.82, 2.24) is 25.2 Å². The first-order valence-electron chi connectivity index (χ1n) is 8.51. The van der Waals surface area contributed by atoms with E-state index in [-0.39, 0.29) is 24.3 Å². The van der Waals surface area contributed by atoms with Gasteiger partial charge in [0.05, 0.1) is 17.1 Å². The number of nitrogens with zero attached hydrogens (tertiary/aromatic N) is 4. The van der Waals surface area contributed by atoms with Crippen molar-refractivity contribution in [1.29, 1.82) is 0 Å². The molecule has 2 heterocycles. The van der Waals surface area contributed by atoms with E-state index in [1.807, 2.05) is 61.5 Å². The lowest BCUT2D eigenvalue weighted by Crippen LogP contribution is -2.30. The number of carbonyl (C=O) groups is 1. The lowest BCUT2D eigenvalue weighted by molar-refractivity contribution is -0.122. The molecule has 1 atom stereocenters. The van der Waals surface area contributed by atoms with Gasteiger partial charge < -0.3 is 15.6 Å². The molecule has 8 nitrogen and oxygen atoms in total. The quantitative estimate of drug-likeness (QED) is 0.564. The van der Waals surface area contributed by atoms with Crippen molar-refractivity contribution in [3.63, 3.8) is 0 Å². The highest BCUT2D eigenvalue weighted by Crippen LogP contribution is 2.26. The van der Waals surface area contributed by atoms with E-state index in [0.717, 1.165) is 16.6 Å². The van der Waals surface area contributed by atoms with Gasteiger partial charge in [0, 0.05) is 0 Å². The molecule has 0 aliphatic heterocycles. The summed E-state index contributed by atoms with van der Waals surface area (Å²) < 4.78 is 6.46. The van der Waals surface area contributed by atoms with Crippen LogP contribution in [0, 0.1) is 0 Å². The van der Waals surface area contributed by atoms with Gasteiger partial charge >= 0.3 is 0 Å². The number of anilines is 1. The van der Waals surface area contributed by atoms with Crippen molar-refractivity contribution in [3.05, 3.63) is 60.2 Å². The van der Waals surface area contributed by atoms with Gasteiger partial charge in [-0.05, 0) is 34.9 Å². The summed E-state index contributed by atoms with van der Waals surface area (Å²) in [6.07, 6.45) is 0. The smallest absolute Gasteiger partial charge is 0.240 e. The minimum absolute atomic E-state index is 0.0688. The highest BCUT2D eigenvalue weighted by Gasteiger charge is 2.21. The molecule has 1 amide bonds. The van der Waals surface area contributed by atoms with Crippen LogP contribution in [0.1, 0.15) is 18.5 Å². The minimum Gasteiger partial charge on any atom is -0.379 e. The third-order valence-electron chi connectivity index (χ3n) is 4.36. The van der Waals surface area contributed by atoms with Crippen molar-refractivity contribution < 1.29 is 9.42 Å². The average Bonchev–Trinajstić information content (AvgIpc) is 3.26. The SMILES string of the molecule is C[C@H](NC(=O)Cn1c(-c2nonc2N)nc2ccccc21)c1ccccc1. The molecule has 0 saturated carbocycles. The van der Waals surface area contributed by atoms with Crippen LogP contribution in [0.5, 0.6) is 0 Å². The Morgan fingerprint density at radius 1 is 1.15 bits per heavy atom. The Labute approximate surface area is 155 Å². The number of nitrogen functional groups attached to an aromatic ring is 1. The van der Waals surface area contributed by atoms with Gasteiger partial charge in [-0.2, -0.15) is 0 Å². The fourth-order valence-electron chi connectivity index (χ4n) is 3.02. The van der Waals surface area contributed by atoms with Crippen molar-refractivity contribution in [2.24, 2.45) is 0 Å². The van der Waals surface area contributed by atoms with Crippen LogP contribution >= 0.6 is 0 Å². The molecular formula is C19H18N6O2. The van der Waals surface area contributed by atoms with Crippen LogP contribution in [0.25, 0.3) is 22.6 Å². The number of benzene rings is 2. The fourth-order valence-corrected chi connectivity index (χ4v) is 3.02. The maximum Gasteiger partial charge on any atom is 0.240 e. The number of para-hydroxylation sites is 2. The number of amides is 1. The second-order valence-corrected chi connectivity index (χ2v) is 6.21. The molecule has 4 rings (SSSR count). The predicted molar refractivity (Wildman–Crippen MR) is 100 cm³/mol. The zero-order valence-electron chi connectivity index (χ0n) is 14.7. The maximum atomic E-state index is 12.7. The molecule has 2 aromatic heterocycles. The van der Waals surface area contributed by atoms with E-state index in [2.05, 4.69) is 20.6 Å². The number of hydrogen-bond donors (Lipinski definition) is 2. The lowest BCUT2D eigenvalue weighted by atomic mass is 10.1. The van der Waals surface area contributed by atoms with E-state index in [1.165, 1.54) is 0 Å². The van der Waals surface area contributed by atoms with Crippen molar-refractivity contribution in [3.8, 4) is 11.5 Å². The zero-order valence-corrected chi connectivity index (χ0v) is 14.7. The molecule has 0 spiro atoms. The van der Waals surface area contributed by atoms with Gasteiger partial charge in [-0.25, -0.2) is 9.61 Å².